The number of fused-ring (bicyclic) bond motifs is 1. The number of aryl methyl sites for hydroxylation is 1. The molecule has 0 aliphatic carbocycles. The summed E-state index contributed by atoms with van der Waals surface area (Å²) in [5, 5.41) is 15.6. The molecule has 0 unspecified atom stereocenters. The number of hydrogen-bond donors (Lipinski definition) is 1. The molecule has 0 aromatic heterocycles. The maximum atomic E-state index is 13.0. The van der Waals surface area contributed by atoms with Crippen LogP contribution in [0.1, 0.15) is 45.4 Å². The van der Waals surface area contributed by atoms with Crippen LogP contribution in [0.5, 0.6) is 0 Å². The van der Waals surface area contributed by atoms with Crippen LogP contribution in [-0.4, -0.2) is 16.7 Å². The van der Waals surface area contributed by atoms with Crippen molar-refractivity contribution in [2.24, 2.45) is 0 Å². The smallest absolute Gasteiger partial charge is 0.244 e. The Morgan fingerprint density at radius 2 is 1.70 bits per heavy atom. The molecule has 30 heavy (non-hydrogen) atoms. The van der Waals surface area contributed by atoms with E-state index >= 15 is 0 Å². The molecule has 0 fully saturated rings. The van der Waals surface area contributed by atoms with Crippen LogP contribution in [0.4, 0.5) is 5.69 Å². The number of anilines is 1. The molecule has 0 amide bonds. The maximum Gasteiger partial charge on any atom is 0.244 e. The fraction of sp³-hybridized carbons (Fsp3) is 0.208. The SMILES string of the molecule is Cc1ccc(C(=O)C[C@@H]2c3ccccc3N[C@@H](c3ccc(Br)cc3)[C@H]2[N+](=O)[O-])cc1. The van der Waals surface area contributed by atoms with Gasteiger partial charge in [0.15, 0.2) is 5.78 Å². The van der Waals surface area contributed by atoms with Crippen molar-refractivity contribution >= 4 is 27.4 Å². The van der Waals surface area contributed by atoms with E-state index < -0.39 is 18.0 Å². The molecular weight excluding hydrogens is 444 g/mol. The first-order valence-electron chi connectivity index (χ1n) is 9.78. The van der Waals surface area contributed by atoms with E-state index in [0.29, 0.717) is 5.56 Å². The Morgan fingerprint density at radius 3 is 2.37 bits per heavy atom. The Bertz CT molecular complexity index is 1080. The van der Waals surface area contributed by atoms with E-state index in [2.05, 4.69) is 21.2 Å². The molecule has 0 bridgehead atoms. The van der Waals surface area contributed by atoms with Gasteiger partial charge < -0.3 is 5.32 Å². The van der Waals surface area contributed by atoms with Crippen molar-refractivity contribution in [3.05, 3.63) is 110 Å². The Hall–Kier alpha value is -2.99. The molecule has 6 heteroatoms. The maximum absolute atomic E-state index is 13.0. The van der Waals surface area contributed by atoms with Gasteiger partial charge in [0.1, 0.15) is 6.04 Å². The van der Waals surface area contributed by atoms with E-state index in [0.717, 1.165) is 26.9 Å². The van der Waals surface area contributed by atoms with Crippen LogP contribution in [0.2, 0.25) is 0 Å². The van der Waals surface area contributed by atoms with Crippen LogP contribution in [0.3, 0.4) is 0 Å². The lowest BCUT2D eigenvalue weighted by Crippen LogP contribution is -2.42. The molecule has 1 aliphatic rings. The van der Waals surface area contributed by atoms with Gasteiger partial charge in [-0.2, -0.15) is 0 Å². The Morgan fingerprint density at radius 1 is 1.03 bits per heavy atom. The minimum Gasteiger partial charge on any atom is -0.372 e. The van der Waals surface area contributed by atoms with Gasteiger partial charge in [0, 0.05) is 27.1 Å². The van der Waals surface area contributed by atoms with Crippen LogP contribution in [-0.2, 0) is 0 Å². The van der Waals surface area contributed by atoms with E-state index in [-0.39, 0.29) is 17.1 Å². The zero-order chi connectivity index (χ0) is 21.3. The van der Waals surface area contributed by atoms with Crippen LogP contribution in [0, 0.1) is 17.0 Å². The number of nitrogens with one attached hydrogen (secondary N) is 1. The van der Waals surface area contributed by atoms with Gasteiger partial charge in [0.2, 0.25) is 6.04 Å². The number of hydrogen-bond acceptors (Lipinski definition) is 4. The lowest BCUT2D eigenvalue weighted by molar-refractivity contribution is -0.530. The molecule has 0 radical (unpaired) electrons. The second-order valence-electron chi connectivity index (χ2n) is 7.64. The standard InChI is InChI=1S/C24H21BrN2O3/c1-15-6-8-16(9-7-15)22(28)14-20-19-4-2-3-5-21(19)26-23(24(20)27(29)30)17-10-12-18(25)13-11-17/h2-13,20,23-24,26H,14H2,1H3/t20-,23+,24+/m1/s1. The summed E-state index contributed by atoms with van der Waals surface area (Å²) in [4.78, 5) is 25.0. The minimum atomic E-state index is -0.963. The molecule has 0 saturated heterocycles. The zero-order valence-corrected chi connectivity index (χ0v) is 18.0. The Labute approximate surface area is 183 Å². The summed E-state index contributed by atoms with van der Waals surface area (Å²) in [7, 11) is 0. The molecular formula is C24H21BrN2O3. The molecule has 5 nitrogen and oxygen atoms in total. The fourth-order valence-electron chi connectivity index (χ4n) is 4.13. The first-order valence-corrected chi connectivity index (χ1v) is 10.6. The quantitative estimate of drug-likeness (QED) is 0.288. The molecule has 4 rings (SSSR count). The van der Waals surface area contributed by atoms with Crippen molar-refractivity contribution in [3.8, 4) is 0 Å². The first kappa shape index (κ1) is 20.3. The molecule has 1 N–H and O–H groups in total. The van der Waals surface area contributed by atoms with Gasteiger partial charge in [0.25, 0.3) is 0 Å². The first-order chi connectivity index (χ1) is 14.4. The monoisotopic (exact) mass is 464 g/mol. The predicted octanol–water partition coefficient (Wildman–Crippen LogP) is 5.93. The third kappa shape index (κ3) is 4.00. The molecule has 1 heterocycles. The highest BCUT2D eigenvalue weighted by atomic mass is 79.9. The molecule has 0 saturated carbocycles. The van der Waals surface area contributed by atoms with Gasteiger partial charge in [-0.25, -0.2) is 0 Å². The molecule has 3 aromatic rings. The largest absolute Gasteiger partial charge is 0.372 e. The summed E-state index contributed by atoms with van der Waals surface area (Å²) < 4.78 is 0.909. The third-order valence-corrected chi connectivity index (χ3v) is 6.21. The topological polar surface area (TPSA) is 72.2 Å². The number of Topliss-reactive ketones (excluding diaryl/α,β-unsaturated/α-hetero) is 1. The van der Waals surface area contributed by atoms with Crippen LogP contribution >= 0.6 is 15.9 Å². The van der Waals surface area contributed by atoms with Crippen molar-refractivity contribution in [1.29, 1.82) is 0 Å². The van der Waals surface area contributed by atoms with E-state index in [4.69, 9.17) is 0 Å². The van der Waals surface area contributed by atoms with Crippen LogP contribution < -0.4 is 5.32 Å². The molecule has 3 aromatic carbocycles. The van der Waals surface area contributed by atoms with Crippen molar-refractivity contribution in [3.63, 3.8) is 0 Å². The third-order valence-electron chi connectivity index (χ3n) is 5.68. The minimum absolute atomic E-state index is 0.0838. The van der Waals surface area contributed by atoms with Crippen LogP contribution in [0.15, 0.2) is 77.3 Å². The van der Waals surface area contributed by atoms with Gasteiger partial charge in [-0.3, -0.25) is 14.9 Å². The number of nitro groups is 1. The highest BCUT2D eigenvalue weighted by molar-refractivity contribution is 9.10. The molecule has 0 spiro atoms. The van der Waals surface area contributed by atoms with Gasteiger partial charge in [-0.15, -0.1) is 0 Å². The van der Waals surface area contributed by atoms with Gasteiger partial charge in [-0.1, -0.05) is 76.1 Å². The summed E-state index contributed by atoms with van der Waals surface area (Å²) in [6.07, 6.45) is 0.0838. The summed E-state index contributed by atoms with van der Waals surface area (Å²) >= 11 is 3.42. The number of ketones is 1. The average Bonchev–Trinajstić information content (AvgIpc) is 2.74. The summed E-state index contributed by atoms with van der Waals surface area (Å²) in [6.45, 7) is 1.96. The number of halogens is 1. The van der Waals surface area contributed by atoms with E-state index in [1.807, 2.05) is 67.6 Å². The average molecular weight is 465 g/mol. The molecule has 1 aliphatic heterocycles. The highest BCUT2D eigenvalue weighted by Crippen LogP contribution is 2.44. The van der Waals surface area contributed by atoms with E-state index in [1.165, 1.54) is 0 Å². The lowest BCUT2D eigenvalue weighted by Gasteiger charge is -2.35. The number of carbonyl (C=O) groups is 1. The number of benzene rings is 3. The summed E-state index contributed by atoms with van der Waals surface area (Å²) in [6, 6.07) is 20.9. The fourth-order valence-corrected chi connectivity index (χ4v) is 4.39. The van der Waals surface area contributed by atoms with Crippen molar-refractivity contribution in [2.75, 3.05) is 5.32 Å². The number of carbonyl (C=O) groups excluding carboxylic acids is 1. The second-order valence-corrected chi connectivity index (χ2v) is 8.55. The van der Waals surface area contributed by atoms with Crippen molar-refractivity contribution in [1.82, 2.24) is 0 Å². The molecule has 152 valence electrons. The van der Waals surface area contributed by atoms with Gasteiger partial charge in [0.05, 0.1) is 5.92 Å². The molecule has 3 atom stereocenters. The summed E-state index contributed by atoms with van der Waals surface area (Å²) in [5.74, 6) is -0.613. The van der Waals surface area contributed by atoms with Gasteiger partial charge in [-0.05, 0) is 36.2 Å². The van der Waals surface area contributed by atoms with E-state index in [1.54, 1.807) is 12.1 Å². The Kier molecular flexibility index (Phi) is 5.68. The number of rotatable bonds is 5. The summed E-state index contributed by atoms with van der Waals surface area (Å²) in [5.41, 5.74) is 4.12. The normalized spacial score (nSPS) is 20.1. The zero-order valence-electron chi connectivity index (χ0n) is 16.4. The van der Waals surface area contributed by atoms with E-state index in [9.17, 15) is 14.9 Å². The second kappa shape index (κ2) is 8.40. The van der Waals surface area contributed by atoms with Crippen molar-refractivity contribution in [2.45, 2.75) is 31.3 Å². The van der Waals surface area contributed by atoms with Crippen LogP contribution in [0.25, 0.3) is 0 Å². The van der Waals surface area contributed by atoms with Crippen molar-refractivity contribution < 1.29 is 9.72 Å². The highest BCUT2D eigenvalue weighted by Gasteiger charge is 2.46. The van der Waals surface area contributed by atoms with Gasteiger partial charge >= 0.3 is 0 Å². The number of nitrogens with zero attached hydrogens (tertiary/aromatic N) is 1. The Balaban J connectivity index is 1.75. The number of para-hydroxylation sites is 1. The predicted molar refractivity (Wildman–Crippen MR) is 121 cm³/mol. The lowest BCUT2D eigenvalue weighted by atomic mass is 9.77.